The Morgan fingerprint density at radius 2 is 2.20 bits per heavy atom. The molecule has 0 saturated heterocycles. The van der Waals surface area contributed by atoms with Crippen LogP contribution in [-0.2, 0) is 4.79 Å². The Balaban J connectivity index is 2.41. The zero-order chi connectivity index (χ0) is 11.5. The van der Waals surface area contributed by atoms with E-state index in [4.69, 9.17) is 10.9 Å². The van der Waals surface area contributed by atoms with Crippen molar-refractivity contribution in [1.29, 1.82) is 0 Å². The topological polar surface area (TPSA) is 87.7 Å². The quantitative estimate of drug-likeness (QED) is 0.271. The highest BCUT2D eigenvalue weighted by Crippen LogP contribution is 2.45. The Morgan fingerprint density at radius 1 is 1.60 bits per heavy atom. The number of amides is 1. The molecule has 0 aromatic carbocycles. The van der Waals surface area contributed by atoms with Crippen LogP contribution in [0.1, 0.15) is 33.1 Å². The Labute approximate surface area is 89.7 Å². The summed E-state index contributed by atoms with van der Waals surface area (Å²) in [4.78, 5) is 11.7. The average molecular weight is 213 g/mol. The Hall–Kier alpha value is -1.26. The summed E-state index contributed by atoms with van der Waals surface area (Å²) in [6, 6.07) is 0. The van der Waals surface area contributed by atoms with Gasteiger partial charge in [0.1, 0.15) is 5.41 Å². The van der Waals surface area contributed by atoms with Crippen LogP contribution in [0.3, 0.4) is 0 Å². The lowest BCUT2D eigenvalue weighted by Crippen LogP contribution is -2.41. The van der Waals surface area contributed by atoms with Crippen LogP contribution in [-0.4, -0.2) is 23.5 Å². The van der Waals surface area contributed by atoms with Crippen LogP contribution in [0.2, 0.25) is 0 Å². The van der Waals surface area contributed by atoms with Crippen LogP contribution in [0.15, 0.2) is 5.16 Å². The largest absolute Gasteiger partial charge is 0.409 e. The van der Waals surface area contributed by atoms with Crippen molar-refractivity contribution < 1.29 is 10.0 Å². The van der Waals surface area contributed by atoms with Gasteiger partial charge in [-0.15, -0.1) is 0 Å². The second kappa shape index (κ2) is 4.51. The molecule has 0 aliphatic heterocycles. The summed E-state index contributed by atoms with van der Waals surface area (Å²) < 4.78 is 0. The third-order valence-electron chi connectivity index (χ3n) is 2.79. The molecule has 1 aliphatic rings. The molecule has 0 bridgehead atoms. The summed E-state index contributed by atoms with van der Waals surface area (Å²) in [6.07, 6.45) is 2.30. The molecule has 0 atom stereocenters. The number of carbonyl (C=O) groups is 1. The van der Waals surface area contributed by atoms with Crippen molar-refractivity contribution >= 4 is 11.7 Å². The first kappa shape index (κ1) is 11.8. The average Bonchev–Trinajstić information content (AvgIpc) is 2.96. The second-order valence-corrected chi connectivity index (χ2v) is 4.51. The van der Waals surface area contributed by atoms with Crippen molar-refractivity contribution in [2.75, 3.05) is 6.54 Å². The molecule has 86 valence electrons. The first-order valence-electron chi connectivity index (χ1n) is 5.29. The summed E-state index contributed by atoms with van der Waals surface area (Å²) >= 11 is 0. The third kappa shape index (κ3) is 2.61. The zero-order valence-corrected chi connectivity index (χ0v) is 9.29. The van der Waals surface area contributed by atoms with E-state index in [1.54, 1.807) is 0 Å². The first-order valence-corrected chi connectivity index (χ1v) is 5.29. The number of nitrogens with zero attached hydrogens (tertiary/aromatic N) is 1. The van der Waals surface area contributed by atoms with Gasteiger partial charge in [-0.25, -0.2) is 0 Å². The van der Waals surface area contributed by atoms with Gasteiger partial charge in [-0.3, -0.25) is 4.79 Å². The normalized spacial score (nSPS) is 19.0. The number of rotatable bonds is 5. The maximum atomic E-state index is 11.7. The van der Waals surface area contributed by atoms with Crippen molar-refractivity contribution in [2.45, 2.75) is 33.1 Å². The van der Waals surface area contributed by atoms with Gasteiger partial charge < -0.3 is 16.3 Å². The molecule has 5 nitrogen and oxygen atoms in total. The molecule has 5 heteroatoms. The van der Waals surface area contributed by atoms with E-state index in [9.17, 15) is 4.79 Å². The highest BCUT2D eigenvalue weighted by atomic mass is 16.4. The highest BCUT2D eigenvalue weighted by molar-refractivity contribution is 6.09. The molecule has 1 fully saturated rings. The van der Waals surface area contributed by atoms with Crippen molar-refractivity contribution in [3.8, 4) is 0 Å². The lowest BCUT2D eigenvalue weighted by Gasteiger charge is -2.14. The third-order valence-corrected chi connectivity index (χ3v) is 2.79. The van der Waals surface area contributed by atoms with E-state index in [1.807, 2.05) is 0 Å². The summed E-state index contributed by atoms with van der Waals surface area (Å²) in [6.45, 7) is 4.85. The summed E-state index contributed by atoms with van der Waals surface area (Å²) in [7, 11) is 0. The number of nitrogens with two attached hydrogens (primary N) is 1. The first-order chi connectivity index (χ1) is 7.03. The lowest BCUT2D eigenvalue weighted by atomic mass is 10.0. The molecular formula is C10H19N3O2. The van der Waals surface area contributed by atoms with Crippen LogP contribution in [0.25, 0.3) is 0 Å². The van der Waals surface area contributed by atoms with E-state index >= 15 is 0 Å². The van der Waals surface area contributed by atoms with Gasteiger partial charge in [0, 0.05) is 6.54 Å². The minimum Gasteiger partial charge on any atom is -0.409 e. The molecule has 1 aliphatic carbocycles. The number of carbonyl (C=O) groups excluding carboxylic acids is 1. The van der Waals surface area contributed by atoms with Gasteiger partial charge in [0.05, 0.1) is 0 Å². The summed E-state index contributed by atoms with van der Waals surface area (Å²) in [5.41, 5.74) is 4.77. The van der Waals surface area contributed by atoms with Crippen LogP contribution >= 0.6 is 0 Å². The zero-order valence-electron chi connectivity index (χ0n) is 9.29. The molecule has 0 spiro atoms. The fourth-order valence-electron chi connectivity index (χ4n) is 1.46. The van der Waals surface area contributed by atoms with E-state index in [1.165, 1.54) is 0 Å². The van der Waals surface area contributed by atoms with Gasteiger partial charge in [-0.2, -0.15) is 0 Å². The van der Waals surface area contributed by atoms with Gasteiger partial charge in [0.2, 0.25) is 5.91 Å². The number of oxime groups is 1. The molecule has 1 saturated carbocycles. The molecule has 1 rings (SSSR count). The fourth-order valence-corrected chi connectivity index (χ4v) is 1.46. The predicted molar refractivity (Wildman–Crippen MR) is 57.5 cm³/mol. The van der Waals surface area contributed by atoms with Crippen molar-refractivity contribution in [3.05, 3.63) is 0 Å². The van der Waals surface area contributed by atoms with E-state index in [2.05, 4.69) is 24.3 Å². The number of nitrogens with one attached hydrogen (secondary N) is 1. The van der Waals surface area contributed by atoms with Crippen molar-refractivity contribution in [1.82, 2.24) is 5.32 Å². The minimum atomic E-state index is -0.717. The van der Waals surface area contributed by atoms with Crippen LogP contribution < -0.4 is 11.1 Å². The van der Waals surface area contributed by atoms with Gasteiger partial charge in [0.15, 0.2) is 5.84 Å². The smallest absolute Gasteiger partial charge is 0.233 e. The van der Waals surface area contributed by atoms with Gasteiger partial charge >= 0.3 is 0 Å². The number of hydrogen-bond acceptors (Lipinski definition) is 3. The number of hydrogen-bond donors (Lipinski definition) is 3. The maximum absolute atomic E-state index is 11.7. The van der Waals surface area contributed by atoms with E-state index < -0.39 is 5.41 Å². The molecule has 15 heavy (non-hydrogen) atoms. The molecule has 4 N–H and O–H groups in total. The molecule has 0 radical (unpaired) electrons. The molecular weight excluding hydrogens is 194 g/mol. The second-order valence-electron chi connectivity index (χ2n) is 4.51. The molecule has 0 unspecified atom stereocenters. The Kier molecular flexibility index (Phi) is 3.55. The standard InChI is InChI=1S/C10H19N3O2/c1-7(2)3-6-12-9(14)10(4-5-10)8(11)13-15/h7,15H,3-6H2,1-2H3,(H2,11,13)(H,12,14). The van der Waals surface area contributed by atoms with Crippen LogP contribution in [0, 0.1) is 11.3 Å². The molecule has 0 aromatic heterocycles. The van der Waals surface area contributed by atoms with Gasteiger partial charge in [0.25, 0.3) is 0 Å². The molecule has 0 heterocycles. The lowest BCUT2D eigenvalue weighted by molar-refractivity contribution is -0.124. The van der Waals surface area contributed by atoms with E-state index in [0.717, 1.165) is 6.42 Å². The van der Waals surface area contributed by atoms with Gasteiger partial charge in [-0.1, -0.05) is 19.0 Å². The number of amidine groups is 1. The molecule has 1 amide bonds. The van der Waals surface area contributed by atoms with E-state index in [0.29, 0.717) is 25.3 Å². The predicted octanol–water partition coefficient (Wildman–Crippen LogP) is 0.675. The van der Waals surface area contributed by atoms with Crippen molar-refractivity contribution in [2.24, 2.45) is 22.2 Å². The Bertz CT molecular complexity index is 270. The molecule has 0 aromatic rings. The monoisotopic (exact) mass is 213 g/mol. The van der Waals surface area contributed by atoms with Crippen molar-refractivity contribution in [3.63, 3.8) is 0 Å². The Morgan fingerprint density at radius 3 is 2.60 bits per heavy atom. The maximum Gasteiger partial charge on any atom is 0.233 e. The summed E-state index contributed by atoms with van der Waals surface area (Å²) in [5.74, 6) is 0.479. The fraction of sp³-hybridized carbons (Fsp3) is 0.800. The highest BCUT2D eigenvalue weighted by Gasteiger charge is 2.53. The minimum absolute atomic E-state index is 0.0320. The van der Waals surface area contributed by atoms with Crippen LogP contribution in [0.4, 0.5) is 0 Å². The van der Waals surface area contributed by atoms with Crippen LogP contribution in [0.5, 0.6) is 0 Å². The SMILES string of the molecule is CC(C)CCNC(=O)C1(C(N)=NO)CC1. The van der Waals surface area contributed by atoms with Gasteiger partial charge in [-0.05, 0) is 25.2 Å². The summed E-state index contributed by atoms with van der Waals surface area (Å²) in [5, 5.41) is 14.3. The van der Waals surface area contributed by atoms with E-state index in [-0.39, 0.29) is 11.7 Å².